The highest BCUT2D eigenvalue weighted by molar-refractivity contribution is 7.88. The summed E-state index contributed by atoms with van der Waals surface area (Å²) in [5.41, 5.74) is 1.51. The van der Waals surface area contributed by atoms with Gasteiger partial charge in [0.2, 0.25) is 15.9 Å². The number of sulfonamides is 1. The van der Waals surface area contributed by atoms with E-state index in [0.29, 0.717) is 5.56 Å². The van der Waals surface area contributed by atoms with E-state index in [1.54, 1.807) is 31.4 Å². The zero-order valence-electron chi connectivity index (χ0n) is 15.3. The van der Waals surface area contributed by atoms with Crippen molar-refractivity contribution in [3.8, 4) is 5.75 Å². The second-order valence-corrected chi connectivity index (χ2v) is 8.14. The van der Waals surface area contributed by atoms with E-state index in [-0.39, 0.29) is 11.9 Å². The molecule has 0 aromatic heterocycles. The fraction of sp³-hybridized carbons (Fsp3) is 0.316. The van der Waals surface area contributed by atoms with E-state index in [1.165, 1.54) is 7.05 Å². The molecule has 1 N–H and O–H groups in total. The van der Waals surface area contributed by atoms with Crippen LogP contribution in [0.2, 0.25) is 0 Å². The van der Waals surface area contributed by atoms with Gasteiger partial charge in [-0.3, -0.25) is 4.79 Å². The predicted molar refractivity (Wildman–Crippen MR) is 101 cm³/mol. The second-order valence-electron chi connectivity index (χ2n) is 6.10. The molecule has 0 heterocycles. The van der Waals surface area contributed by atoms with Crippen LogP contribution in [0.25, 0.3) is 0 Å². The quantitative estimate of drug-likeness (QED) is 0.806. The van der Waals surface area contributed by atoms with Gasteiger partial charge in [0.1, 0.15) is 11.8 Å². The second kappa shape index (κ2) is 8.33. The average molecular weight is 376 g/mol. The molecule has 0 aliphatic heterocycles. The lowest BCUT2D eigenvalue weighted by molar-refractivity contribution is -0.125. The molecule has 26 heavy (non-hydrogen) atoms. The van der Waals surface area contributed by atoms with E-state index < -0.39 is 16.1 Å². The maximum Gasteiger partial charge on any atom is 0.243 e. The van der Waals surface area contributed by atoms with Crippen molar-refractivity contribution in [3.63, 3.8) is 0 Å². The van der Waals surface area contributed by atoms with Crippen molar-refractivity contribution in [2.75, 3.05) is 20.4 Å². The van der Waals surface area contributed by atoms with Crippen molar-refractivity contribution in [3.05, 3.63) is 65.7 Å². The van der Waals surface area contributed by atoms with Crippen LogP contribution in [-0.4, -0.2) is 39.0 Å². The smallest absolute Gasteiger partial charge is 0.243 e. The summed E-state index contributed by atoms with van der Waals surface area (Å²) >= 11 is 0. The monoisotopic (exact) mass is 376 g/mol. The maximum atomic E-state index is 12.9. The lowest BCUT2D eigenvalue weighted by Gasteiger charge is -2.27. The molecule has 1 amide bonds. The first-order valence-corrected chi connectivity index (χ1v) is 10.0. The number of carbonyl (C=O) groups is 1. The largest absolute Gasteiger partial charge is 0.497 e. The van der Waals surface area contributed by atoms with Crippen molar-refractivity contribution in [1.82, 2.24) is 9.62 Å². The zero-order chi connectivity index (χ0) is 19.3. The van der Waals surface area contributed by atoms with Gasteiger partial charge in [-0.15, -0.1) is 0 Å². The van der Waals surface area contributed by atoms with Crippen molar-refractivity contribution in [2.24, 2.45) is 0 Å². The molecule has 7 heteroatoms. The Balaban J connectivity index is 2.25. The fourth-order valence-electron chi connectivity index (χ4n) is 2.62. The number of carbonyl (C=O) groups excluding carboxylic acids is 1. The third-order valence-electron chi connectivity index (χ3n) is 4.22. The first-order valence-electron chi connectivity index (χ1n) is 8.16. The molecule has 0 unspecified atom stereocenters. The van der Waals surface area contributed by atoms with Crippen LogP contribution in [0.15, 0.2) is 54.6 Å². The van der Waals surface area contributed by atoms with E-state index in [9.17, 15) is 13.2 Å². The van der Waals surface area contributed by atoms with Crippen LogP contribution in [0, 0.1) is 0 Å². The molecule has 0 aliphatic carbocycles. The zero-order valence-corrected chi connectivity index (χ0v) is 16.2. The fourth-order valence-corrected chi connectivity index (χ4v) is 3.22. The van der Waals surface area contributed by atoms with Crippen LogP contribution in [-0.2, 0) is 14.8 Å². The van der Waals surface area contributed by atoms with Gasteiger partial charge in [-0.1, -0.05) is 42.5 Å². The molecule has 2 atom stereocenters. The van der Waals surface area contributed by atoms with E-state index in [0.717, 1.165) is 21.9 Å². The van der Waals surface area contributed by atoms with Gasteiger partial charge in [-0.2, -0.15) is 4.31 Å². The van der Waals surface area contributed by atoms with Crippen LogP contribution in [0.3, 0.4) is 0 Å². The van der Waals surface area contributed by atoms with E-state index >= 15 is 0 Å². The molecule has 2 rings (SSSR count). The van der Waals surface area contributed by atoms with Gasteiger partial charge in [0, 0.05) is 7.05 Å². The number of nitrogens with one attached hydrogen (secondary N) is 1. The van der Waals surface area contributed by atoms with Crippen molar-refractivity contribution < 1.29 is 17.9 Å². The highest BCUT2D eigenvalue weighted by Gasteiger charge is 2.31. The molecule has 0 spiro atoms. The lowest BCUT2D eigenvalue weighted by atomic mass is 10.0. The van der Waals surface area contributed by atoms with Crippen LogP contribution in [0.5, 0.6) is 5.75 Å². The van der Waals surface area contributed by atoms with Crippen molar-refractivity contribution >= 4 is 15.9 Å². The Hall–Kier alpha value is -2.38. The third-order valence-corrected chi connectivity index (χ3v) is 5.48. The summed E-state index contributed by atoms with van der Waals surface area (Å²) in [4.78, 5) is 12.9. The number of benzene rings is 2. The summed E-state index contributed by atoms with van der Waals surface area (Å²) in [7, 11) is -0.552. The number of nitrogens with zero attached hydrogens (tertiary/aromatic N) is 1. The minimum absolute atomic E-state index is 0.285. The van der Waals surface area contributed by atoms with Gasteiger partial charge in [0.05, 0.1) is 19.4 Å². The Kier molecular flexibility index (Phi) is 6.39. The molecular weight excluding hydrogens is 352 g/mol. The van der Waals surface area contributed by atoms with E-state index in [4.69, 9.17) is 4.74 Å². The van der Waals surface area contributed by atoms with Gasteiger partial charge in [-0.05, 0) is 30.2 Å². The highest BCUT2D eigenvalue weighted by Crippen LogP contribution is 2.24. The molecule has 0 bridgehead atoms. The SMILES string of the molecule is COc1ccc([C@@H](C)NC(=O)[C@@H](c2ccccc2)N(C)S(C)(=O)=O)cc1. The Morgan fingerprint density at radius 3 is 2.12 bits per heavy atom. The highest BCUT2D eigenvalue weighted by atomic mass is 32.2. The lowest BCUT2D eigenvalue weighted by Crippen LogP contribution is -2.42. The molecule has 2 aromatic rings. The number of ether oxygens (including phenoxy) is 1. The number of hydrogen-bond acceptors (Lipinski definition) is 4. The first-order chi connectivity index (χ1) is 12.2. The summed E-state index contributed by atoms with van der Waals surface area (Å²) < 4.78 is 30.2. The van der Waals surface area contributed by atoms with Crippen LogP contribution in [0.1, 0.15) is 30.1 Å². The topological polar surface area (TPSA) is 75.7 Å². The maximum absolute atomic E-state index is 12.9. The van der Waals surface area contributed by atoms with E-state index in [2.05, 4.69) is 5.32 Å². The predicted octanol–water partition coefficient (Wildman–Crippen LogP) is 2.51. The molecular formula is C19H24N2O4S. The summed E-state index contributed by atoms with van der Waals surface area (Å²) in [5, 5.41) is 2.90. The number of methoxy groups -OCH3 is 1. The summed E-state index contributed by atoms with van der Waals surface area (Å²) in [5.74, 6) is 0.346. The number of rotatable bonds is 7. The third kappa shape index (κ3) is 4.83. The summed E-state index contributed by atoms with van der Waals surface area (Å²) in [6.45, 7) is 1.85. The van der Waals surface area contributed by atoms with Crippen LogP contribution < -0.4 is 10.1 Å². The summed E-state index contributed by atoms with van der Waals surface area (Å²) in [6, 6.07) is 15.0. The number of hydrogen-bond donors (Lipinski definition) is 1. The van der Waals surface area contributed by atoms with Gasteiger partial charge in [0.25, 0.3) is 0 Å². The molecule has 0 saturated heterocycles. The Morgan fingerprint density at radius 1 is 1.04 bits per heavy atom. The van der Waals surface area contributed by atoms with E-state index in [1.807, 2.05) is 37.3 Å². The van der Waals surface area contributed by atoms with Gasteiger partial charge < -0.3 is 10.1 Å². The van der Waals surface area contributed by atoms with Gasteiger partial charge in [0.15, 0.2) is 0 Å². The number of likely N-dealkylation sites (N-methyl/N-ethyl adjacent to an activating group) is 1. The minimum Gasteiger partial charge on any atom is -0.497 e. The summed E-state index contributed by atoms with van der Waals surface area (Å²) in [6.07, 6.45) is 1.09. The number of amides is 1. The first kappa shape index (κ1) is 19.9. The molecule has 6 nitrogen and oxygen atoms in total. The van der Waals surface area contributed by atoms with Crippen molar-refractivity contribution in [2.45, 2.75) is 19.0 Å². The Labute approximate surface area is 154 Å². The standard InChI is InChI=1S/C19H24N2O4S/c1-14(15-10-12-17(25-3)13-11-15)20-19(22)18(21(2)26(4,23)24)16-8-6-5-7-9-16/h5-14,18H,1-4H3,(H,20,22)/t14-,18-/m1/s1. The minimum atomic E-state index is -3.55. The van der Waals surface area contributed by atoms with Crippen LogP contribution >= 0.6 is 0 Å². The molecule has 0 aliphatic rings. The van der Waals surface area contributed by atoms with Gasteiger partial charge >= 0.3 is 0 Å². The molecule has 0 radical (unpaired) electrons. The normalized spacial score (nSPS) is 13.9. The van der Waals surface area contributed by atoms with Crippen LogP contribution in [0.4, 0.5) is 0 Å². The molecule has 140 valence electrons. The van der Waals surface area contributed by atoms with Crippen molar-refractivity contribution in [1.29, 1.82) is 0 Å². The molecule has 2 aromatic carbocycles. The Bertz CT molecular complexity index is 836. The average Bonchev–Trinajstić information content (AvgIpc) is 2.62. The Morgan fingerprint density at radius 2 is 1.62 bits per heavy atom. The molecule has 0 saturated carbocycles. The van der Waals surface area contributed by atoms with Gasteiger partial charge in [-0.25, -0.2) is 8.42 Å². The molecule has 0 fully saturated rings.